The molecule has 4 heteroatoms. The number of benzene rings is 2. The van der Waals surface area contributed by atoms with Crippen molar-refractivity contribution < 1.29 is 8.78 Å². The van der Waals surface area contributed by atoms with E-state index in [9.17, 15) is 8.78 Å². The van der Waals surface area contributed by atoms with Gasteiger partial charge in [0.1, 0.15) is 11.6 Å². The zero-order valence-corrected chi connectivity index (χ0v) is 13.0. The third-order valence-electron chi connectivity index (χ3n) is 3.23. The average Bonchev–Trinajstić information content (AvgIpc) is 2.43. The summed E-state index contributed by atoms with van der Waals surface area (Å²) in [6.07, 6.45) is 0. The van der Waals surface area contributed by atoms with Gasteiger partial charge in [-0.2, -0.15) is 0 Å². The molecule has 0 heterocycles. The maximum Gasteiger partial charge on any atom is 0.137 e. The van der Waals surface area contributed by atoms with E-state index in [1.54, 1.807) is 19.1 Å². The molecule has 0 aromatic heterocycles. The molecule has 1 N–H and O–H groups in total. The first-order valence-corrected chi connectivity index (χ1v) is 7.27. The van der Waals surface area contributed by atoms with Gasteiger partial charge in [-0.05, 0) is 58.2 Å². The Balaban J connectivity index is 2.50. The number of rotatable bonds is 4. The van der Waals surface area contributed by atoms with E-state index >= 15 is 0 Å². The first-order valence-electron chi connectivity index (χ1n) is 6.48. The van der Waals surface area contributed by atoms with Gasteiger partial charge in [-0.25, -0.2) is 8.78 Å². The van der Waals surface area contributed by atoms with Gasteiger partial charge in [-0.1, -0.05) is 31.2 Å². The summed E-state index contributed by atoms with van der Waals surface area (Å²) in [5, 5.41) is 3.27. The fraction of sp³-hybridized carbons (Fsp3) is 0.250. The largest absolute Gasteiger partial charge is 0.306 e. The van der Waals surface area contributed by atoms with Crippen LogP contribution in [0.1, 0.15) is 29.7 Å². The molecule has 0 aliphatic carbocycles. The normalized spacial score (nSPS) is 12.4. The van der Waals surface area contributed by atoms with Crippen LogP contribution < -0.4 is 5.32 Å². The predicted molar refractivity (Wildman–Crippen MR) is 80.8 cm³/mol. The van der Waals surface area contributed by atoms with Crippen LogP contribution in [0.5, 0.6) is 0 Å². The molecule has 0 spiro atoms. The minimum Gasteiger partial charge on any atom is -0.306 e. The summed E-state index contributed by atoms with van der Waals surface area (Å²) >= 11 is 3.27. The van der Waals surface area contributed by atoms with Gasteiger partial charge in [0.15, 0.2) is 0 Å². The maximum absolute atomic E-state index is 13.8. The molecular formula is C16H16BrF2N. The van der Waals surface area contributed by atoms with Crippen LogP contribution in [-0.4, -0.2) is 6.54 Å². The van der Waals surface area contributed by atoms with Crippen LogP contribution in [0.2, 0.25) is 0 Å². The van der Waals surface area contributed by atoms with Crippen LogP contribution in [-0.2, 0) is 0 Å². The first-order chi connectivity index (χ1) is 9.54. The van der Waals surface area contributed by atoms with Gasteiger partial charge < -0.3 is 5.32 Å². The molecule has 0 aliphatic rings. The third kappa shape index (κ3) is 3.07. The van der Waals surface area contributed by atoms with Crippen molar-refractivity contribution in [1.29, 1.82) is 0 Å². The van der Waals surface area contributed by atoms with Gasteiger partial charge in [-0.15, -0.1) is 0 Å². The molecule has 1 nitrogen and oxygen atoms in total. The van der Waals surface area contributed by atoms with Crippen LogP contribution >= 0.6 is 15.9 Å². The van der Waals surface area contributed by atoms with Crippen molar-refractivity contribution in [3.63, 3.8) is 0 Å². The predicted octanol–water partition coefficient (Wildman–Crippen LogP) is 4.73. The summed E-state index contributed by atoms with van der Waals surface area (Å²) in [5.74, 6) is -0.573. The summed E-state index contributed by atoms with van der Waals surface area (Å²) in [7, 11) is 0. The highest BCUT2D eigenvalue weighted by Gasteiger charge is 2.18. The maximum atomic E-state index is 13.8. The lowest BCUT2D eigenvalue weighted by Gasteiger charge is -2.21. The molecule has 2 aromatic carbocycles. The monoisotopic (exact) mass is 339 g/mol. The minimum absolute atomic E-state index is 0.250. The van der Waals surface area contributed by atoms with Gasteiger partial charge in [-0.3, -0.25) is 0 Å². The average molecular weight is 340 g/mol. The SMILES string of the molecule is CCNC(c1ccc(C)c(F)c1)c1cccc(F)c1Br. The van der Waals surface area contributed by atoms with Gasteiger partial charge in [0.2, 0.25) is 0 Å². The van der Waals surface area contributed by atoms with Crippen LogP contribution in [0.25, 0.3) is 0 Å². The Bertz CT molecular complexity index is 613. The Hall–Kier alpha value is -1.26. The van der Waals surface area contributed by atoms with Crippen molar-refractivity contribution in [1.82, 2.24) is 5.32 Å². The van der Waals surface area contributed by atoms with E-state index in [1.165, 1.54) is 12.1 Å². The molecule has 0 amide bonds. The number of nitrogens with one attached hydrogen (secondary N) is 1. The lowest BCUT2D eigenvalue weighted by Crippen LogP contribution is -2.22. The zero-order valence-electron chi connectivity index (χ0n) is 11.4. The molecule has 0 saturated carbocycles. The van der Waals surface area contributed by atoms with Crippen molar-refractivity contribution in [3.05, 3.63) is 69.2 Å². The second kappa shape index (κ2) is 6.46. The molecule has 20 heavy (non-hydrogen) atoms. The highest BCUT2D eigenvalue weighted by atomic mass is 79.9. The van der Waals surface area contributed by atoms with Crippen LogP contribution in [0.15, 0.2) is 40.9 Å². The van der Waals surface area contributed by atoms with E-state index in [0.717, 1.165) is 11.1 Å². The summed E-state index contributed by atoms with van der Waals surface area (Å²) in [6, 6.07) is 9.74. The minimum atomic E-state index is -0.321. The molecule has 1 unspecified atom stereocenters. The Labute approximate surface area is 126 Å². The van der Waals surface area contributed by atoms with Crippen LogP contribution in [0, 0.1) is 18.6 Å². The van der Waals surface area contributed by atoms with Gasteiger partial charge in [0.05, 0.1) is 10.5 Å². The van der Waals surface area contributed by atoms with Crippen LogP contribution in [0.4, 0.5) is 8.78 Å². The van der Waals surface area contributed by atoms with Crippen LogP contribution in [0.3, 0.4) is 0 Å². The van der Waals surface area contributed by atoms with E-state index in [4.69, 9.17) is 0 Å². The highest BCUT2D eigenvalue weighted by molar-refractivity contribution is 9.10. The van der Waals surface area contributed by atoms with Gasteiger partial charge in [0, 0.05) is 0 Å². The molecule has 1 atom stereocenters. The van der Waals surface area contributed by atoms with E-state index in [-0.39, 0.29) is 17.7 Å². The molecule has 0 fully saturated rings. The number of hydrogen-bond acceptors (Lipinski definition) is 1. The second-order valence-corrected chi connectivity index (χ2v) is 5.44. The number of hydrogen-bond donors (Lipinski definition) is 1. The number of aryl methyl sites for hydroxylation is 1. The Morgan fingerprint density at radius 3 is 2.55 bits per heavy atom. The van der Waals surface area contributed by atoms with Gasteiger partial charge >= 0.3 is 0 Å². The molecule has 2 aromatic rings. The van der Waals surface area contributed by atoms with E-state index in [2.05, 4.69) is 21.2 Å². The molecule has 0 bridgehead atoms. The summed E-state index contributed by atoms with van der Waals surface area (Å²) in [4.78, 5) is 0. The smallest absolute Gasteiger partial charge is 0.137 e. The summed E-state index contributed by atoms with van der Waals surface area (Å²) in [6.45, 7) is 4.38. The molecule has 0 aliphatic heterocycles. The lowest BCUT2D eigenvalue weighted by atomic mass is 9.97. The molecule has 0 saturated heterocycles. The van der Waals surface area contributed by atoms with E-state index < -0.39 is 0 Å². The van der Waals surface area contributed by atoms with Crippen molar-refractivity contribution in [3.8, 4) is 0 Å². The number of halogens is 3. The summed E-state index contributed by atoms with van der Waals surface area (Å²) in [5.41, 5.74) is 2.14. The fourth-order valence-electron chi connectivity index (χ4n) is 2.14. The Morgan fingerprint density at radius 2 is 1.90 bits per heavy atom. The molecule has 0 radical (unpaired) electrons. The van der Waals surface area contributed by atoms with Gasteiger partial charge in [0.25, 0.3) is 0 Å². The molecule has 2 rings (SSSR count). The van der Waals surface area contributed by atoms with Crippen molar-refractivity contribution >= 4 is 15.9 Å². The van der Waals surface area contributed by atoms with E-state index in [0.29, 0.717) is 16.6 Å². The third-order valence-corrected chi connectivity index (χ3v) is 4.07. The molecule has 106 valence electrons. The van der Waals surface area contributed by atoms with Crippen molar-refractivity contribution in [2.75, 3.05) is 6.54 Å². The second-order valence-electron chi connectivity index (χ2n) is 4.64. The fourth-order valence-corrected chi connectivity index (χ4v) is 2.64. The quantitative estimate of drug-likeness (QED) is 0.848. The Kier molecular flexibility index (Phi) is 4.89. The zero-order chi connectivity index (χ0) is 14.7. The molecular weight excluding hydrogens is 324 g/mol. The standard InChI is InChI=1S/C16H16BrF2N/c1-3-20-16(11-8-7-10(2)14(19)9-11)12-5-4-6-13(18)15(12)17/h4-9,16,20H,3H2,1-2H3. The topological polar surface area (TPSA) is 12.0 Å². The summed E-state index contributed by atoms with van der Waals surface area (Å²) < 4.78 is 27.9. The highest BCUT2D eigenvalue weighted by Crippen LogP contribution is 2.31. The Morgan fingerprint density at radius 1 is 1.15 bits per heavy atom. The van der Waals surface area contributed by atoms with Crippen molar-refractivity contribution in [2.45, 2.75) is 19.9 Å². The lowest BCUT2D eigenvalue weighted by molar-refractivity contribution is 0.585. The van der Waals surface area contributed by atoms with Crippen molar-refractivity contribution in [2.24, 2.45) is 0 Å². The first kappa shape index (κ1) is 15.1. The van der Waals surface area contributed by atoms with E-state index in [1.807, 2.05) is 19.1 Å².